The van der Waals surface area contributed by atoms with Crippen molar-refractivity contribution in [1.29, 1.82) is 0 Å². The molecule has 2 aromatic heterocycles. The summed E-state index contributed by atoms with van der Waals surface area (Å²) in [5, 5.41) is 0.958. The maximum atomic E-state index is 5.76. The average molecular weight is 346 g/mol. The highest BCUT2D eigenvalue weighted by atomic mass is 15.3. The lowest BCUT2D eigenvalue weighted by molar-refractivity contribution is 0.284. The zero-order chi connectivity index (χ0) is 17.8. The summed E-state index contributed by atoms with van der Waals surface area (Å²) in [4.78, 5) is 17.8. The Bertz CT molecular complexity index is 901. The molecule has 26 heavy (non-hydrogen) atoms. The van der Waals surface area contributed by atoms with Crippen LogP contribution in [0.4, 0.5) is 11.6 Å². The molecule has 1 aromatic carbocycles. The monoisotopic (exact) mass is 346 g/mol. The Morgan fingerprint density at radius 2 is 1.77 bits per heavy atom. The zero-order valence-electron chi connectivity index (χ0n) is 14.6. The van der Waals surface area contributed by atoms with Gasteiger partial charge in [0.1, 0.15) is 18.0 Å². The minimum Gasteiger partial charge on any atom is -0.384 e. The number of hydrogen-bond donors (Lipinski definition) is 1. The van der Waals surface area contributed by atoms with E-state index in [1.54, 1.807) is 12.4 Å². The van der Waals surface area contributed by atoms with Crippen LogP contribution < -0.4 is 10.6 Å². The summed E-state index contributed by atoms with van der Waals surface area (Å²) < 4.78 is 0. The van der Waals surface area contributed by atoms with E-state index in [0.717, 1.165) is 43.9 Å². The summed E-state index contributed by atoms with van der Waals surface area (Å²) in [6.07, 6.45) is 5.98. The SMILES string of the molecule is Nc1ccc2c(N3CCN(C/C=C/c4ccccc4)CC3)ncnc2n1. The van der Waals surface area contributed by atoms with Crippen LogP contribution in [0.15, 0.2) is 54.9 Å². The van der Waals surface area contributed by atoms with E-state index in [1.807, 2.05) is 12.1 Å². The molecular formula is C20H22N6. The number of pyridine rings is 1. The molecule has 1 aliphatic rings. The highest BCUT2D eigenvalue weighted by molar-refractivity contribution is 5.87. The van der Waals surface area contributed by atoms with Crippen LogP contribution in [0, 0.1) is 0 Å². The Labute approximate surface area is 153 Å². The Kier molecular flexibility index (Phi) is 4.75. The summed E-state index contributed by atoms with van der Waals surface area (Å²) in [5.74, 6) is 1.43. The summed E-state index contributed by atoms with van der Waals surface area (Å²) in [7, 11) is 0. The number of nitrogens with two attached hydrogens (primary N) is 1. The maximum absolute atomic E-state index is 5.76. The second-order valence-electron chi connectivity index (χ2n) is 6.41. The van der Waals surface area contributed by atoms with Gasteiger partial charge in [-0.05, 0) is 17.7 Å². The smallest absolute Gasteiger partial charge is 0.166 e. The quantitative estimate of drug-likeness (QED) is 0.782. The van der Waals surface area contributed by atoms with Gasteiger partial charge in [0.15, 0.2) is 5.65 Å². The molecule has 0 aliphatic carbocycles. The summed E-state index contributed by atoms with van der Waals surface area (Å²) in [6.45, 7) is 4.86. The number of nitrogens with zero attached hydrogens (tertiary/aromatic N) is 5. The first kappa shape index (κ1) is 16.5. The van der Waals surface area contributed by atoms with E-state index in [4.69, 9.17) is 5.73 Å². The Balaban J connectivity index is 1.39. The molecule has 4 rings (SSSR count). The first-order valence-electron chi connectivity index (χ1n) is 8.86. The highest BCUT2D eigenvalue weighted by Crippen LogP contribution is 2.23. The van der Waals surface area contributed by atoms with Gasteiger partial charge in [-0.1, -0.05) is 42.5 Å². The van der Waals surface area contributed by atoms with Gasteiger partial charge in [0.05, 0.1) is 5.39 Å². The van der Waals surface area contributed by atoms with Crippen molar-refractivity contribution in [2.75, 3.05) is 43.4 Å². The fourth-order valence-corrected chi connectivity index (χ4v) is 3.24. The number of aromatic nitrogens is 3. The van der Waals surface area contributed by atoms with Gasteiger partial charge in [0.2, 0.25) is 0 Å². The van der Waals surface area contributed by atoms with Crippen molar-refractivity contribution in [2.45, 2.75) is 0 Å². The largest absolute Gasteiger partial charge is 0.384 e. The van der Waals surface area contributed by atoms with Gasteiger partial charge in [0, 0.05) is 32.7 Å². The van der Waals surface area contributed by atoms with E-state index in [2.05, 4.69) is 61.2 Å². The molecule has 3 heterocycles. The van der Waals surface area contributed by atoms with Crippen molar-refractivity contribution in [2.24, 2.45) is 0 Å². The van der Waals surface area contributed by atoms with Crippen LogP contribution in [0.5, 0.6) is 0 Å². The molecule has 0 amide bonds. The topological polar surface area (TPSA) is 71.2 Å². The number of piperazine rings is 1. The van der Waals surface area contributed by atoms with E-state index >= 15 is 0 Å². The molecule has 132 valence electrons. The molecule has 0 saturated carbocycles. The predicted octanol–water partition coefficient (Wildman–Crippen LogP) is 2.44. The molecular weight excluding hydrogens is 324 g/mol. The Morgan fingerprint density at radius 3 is 2.58 bits per heavy atom. The molecule has 6 heteroatoms. The van der Waals surface area contributed by atoms with Crippen LogP contribution in [0.1, 0.15) is 5.56 Å². The van der Waals surface area contributed by atoms with E-state index in [1.165, 1.54) is 5.56 Å². The molecule has 0 atom stereocenters. The van der Waals surface area contributed by atoms with E-state index < -0.39 is 0 Å². The second kappa shape index (κ2) is 7.49. The number of benzene rings is 1. The van der Waals surface area contributed by atoms with Gasteiger partial charge in [0.25, 0.3) is 0 Å². The first-order chi connectivity index (χ1) is 12.8. The minimum absolute atomic E-state index is 0.483. The number of rotatable bonds is 4. The van der Waals surface area contributed by atoms with Crippen molar-refractivity contribution in [1.82, 2.24) is 19.9 Å². The molecule has 0 spiro atoms. The molecule has 1 aliphatic heterocycles. The second-order valence-corrected chi connectivity index (χ2v) is 6.41. The van der Waals surface area contributed by atoms with Crippen LogP contribution in [0.3, 0.4) is 0 Å². The van der Waals surface area contributed by atoms with Crippen molar-refractivity contribution >= 4 is 28.7 Å². The van der Waals surface area contributed by atoms with Crippen LogP contribution in [-0.4, -0.2) is 52.6 Å². The standard InChI is InChI=1S/C20H22N6/c21-18-9-8-17-19(24-18)22-15-23-20(17)26-13-11-25(12-14-26)10-4-7-16-5-2-1-3-6-16/h1-9,15H,10-14H2,(H2,21,22,23,24)/b7-4+. The summed E-state index contributed by atoms with van der Waals surface area (Å²) in [5.41, 5.74) is 7.66. The number of hydrogen-bond acceptors (Lipinski definition) is 6. The number of nitrogen functional groups attached to an aromatic ring is 1. The molecule has 3 aromatic rings. The van der Waals surface area contributed by atoms with Crippen LogP contribution in [-0.2, 0) is 0 Å². The molecule has 6 nitrogen and oxygen atoms in total. The first-order valence-corrected chi connectivity index (χ1v) is 8.86. The molecule has 0 radical (unpaired) electrons. The van der Waals surface area contributed by atoms with Gasteiger partial charge in [-0.2, -0.15) is 0 Å². The van der Waals surface area contributed by atoms with Gasteiger partial charge < -0.3 is 10.6 Å². The molecule has 2 N–H and O–H groups in total. The van der Waals surface area contributed by atoms with Gasteiger partial charge >= 0.3 is 0 Å². The van der Waals surface area contributed by atoms with Crippen LogP contribution >= 0.6 is 0 Å². The van der Waals surface area contributed by atoms with Crippen molar-refractivity contribution < 1.29 is 0 Å². The third-order valence-corrected chi connectivity index (χ3v) is 4.64. The van der Waals surface area contributed by atoms with E-state index in [0.29, 0.717) is 11.5 Å². The zero-order valence-corrected chi connectivity index (χ0v) is 14.6. The molecule has 1 fully saturated rings. The van der Waals surface area contributed by atoms with Crippen molar-refractivity contribution in [3.8, 4) is 0 Å². The lowest BCUT2D eigenvalue weighted by Gasteiger charge is -2.35. The number of fused-ring (bicyclic) bond motifs is 1. The molecule has 0 bridgehead atoms. The fraction of sp³-hybridized carbons (Fsp3) is 0.250. The Hall–Kier alpha value is -2.99. The van der Waals surface area contributed by atoms with Crippen LogP contribution in [0.2, 0.25) is 0 Å². The van der Waals surface area contributed by atoms with E-state index in [9.17, 15) is 0 Å². The normalized spacial score (nSPS) is 15.8. The van der Waals surface area contributed by atoms with Gasteiger partial charge in [-0.25, -0.2) is 15.0 Å². The van der Waals surface area contributed by atoms with Gasteiger partial charge in [-0.3, -0.25) is 4.90 Å². The summed E-state index contributed by atoms with van der Waals surface area (Å²) in [6, 6.07) is 14.2. The van der Waals surface area contributed by atoms with Gasteiger partial charge in [-0.15, -0.1) is 0 Å². The number of anilines is 2. The highest BCUT2D eigenvalue weighted by Gasteiger charge is 2.19. The molecule has 0 unspecified atom stereocenters. The van der Waals surface area contributed by atoms with Crippen molar-refractivity contribution in [3.05, 3.63) is 60.4 Å². The lowest BCUT2D eigenvalue weighted by atomic mass is 10.2. The average Bonchev–Trinajstić information content (AvgIpc) is 2.69. The van der Waals surface area contributed by atoms with E-state index in [-0.39, 0.29) is 0 Å². The third kappa shape index (κ3) is 3.65. The lowest BCUT2D eigenvalue weighted by Crippen LogP contribution is -2.46. The van der Waals surface area contributed by atoms with Crippen molar-refractivity contribution in [3.63, 3.8) is 0 Å². The van der Waals surface area contributed by atoms with Crippen LogP contribution in [0.25, 0.3) is 17.1 Å². The molecule has 1 saturated heterocycles. The minimum atomic E-state index is 0.483. The maximum Gasteiger partial charge on any atom is 0.166 e. The fourth-order valence-electron chi connectivity index (χ4n) is 3.24. The third-order valence-electron chi connectivity index (χ3n) is 4.64. The predicted molar refractivity (Wildman–Crippen MR) is 106 cm³/mol. The summed E-state index contributed by atoms with van der Waals surface area (Å²) >= 11 is 0. The Morgan fingerprint density at radius 1 is 0.962 bits per heavy atom.